The summed E-state index contributed by atoms with van der Waals surface area (Å²) in [6.45, 7) is 3.02. The lowest BCUT2D eigenvalue weighted by Crippen LogP contribution is -2.41. The second-order valence-corrected chi connectivity index (χ2v) is 8.27. The first-order chi connectivity index (χ1) is 12.4. The molecular weight excluding hydrogens is 354 g/mol. The standard InChI is InChI=1S/C18H23N3O4S/c1-2-16(22)18(23)20-9-4-10-21(12-11-20)26(24,25)17-6-3-5-14-13-19-8-7-15(14)17/h3,5-8,13,16,22H,2,4,9-12H2,1H3/t16-/m1/s1. The number of rotatable bonds is 4. The van der Waals surface area contributed by atoms with Gasteiger partial charge in [0.1, 0.15) is 6.10 Å². The van der Waals surface area contributed by atoms with E-state index in [4.69, 9.17) is 0 Å². The monoisotopic (exact) mass is 377 g/mol. The fourth-order valence-electron chi connectivity index (χ4n) is 3.20. The number of hydrogen-bond acceptors (Lipinski definition) is 5. The zero-order valence-electron chi connectivity index (χ0n) is 14.7. The number of nitrogens with zero attached hydrogens (tertiary/aromatic N) is 3. The van der Waals surface area contributed by atoms with Crippen molar-refractivity contribution in [3.05, 3.63) is 36.7 Å². The van der Waals surface area contributed by atoms with Crippen molar-refractivity contribution in [3.8, 4) is 0 Å². The minimum absolute atomic E-state index is 0.214. The van der Waals surface area contributed by atoms with E-state index in [9.17, 15) is 18.3 Å². The average molecular weight is 377 g/mol. The van der Waals surface area contributed by atoms with Gasteiger partial charge in [-0.25, -0.2) is 8.42 Å². The van der Waals surface area contributed by atoms with Gasteiger partial charge in [0.15, 0.2) is 0 Å². The van der Waals surface area contributed by atoms with Crippen molar-refractivity contribution in [2.24, 2.45) is 0 Å². The van der Waals surface area contributed by atoms with Crippen LogP contribution in [0.2, 0.25) is 0 Å². The van der Waals surface area contributed by atoms with Gasteiger partial charge in [0.2, 0.25) is 10.0 Å². The van der Waals surface area contributed by atoms with E-state index in [0.29, 0.717) is 31.3 Å². The number of pyridine rings is 1. The van der Waals surface area contributed by atoms with Gasteiger partial charge in [-0.05, 0) is 25.0 Å². The lowest BCUT2D eigenvalue weighted by molar-refractivity contribution is -0.140. The zero-order chi connectivity index (χ0) is 18.7. The molecule has 1 saturated heterocycles. The first-order valence-corrected chi connectivity index (χ1v) is 10.2. The number of fused-ring (bicyclic) bond motifs is 1. The predicted octanol–water partition coefficient (Wildman–Crippen LogP) is 1.23. The van der Waals surface area contributed by atoms with Gasteiger partial charge in [-0.15, -0.1) is 0 Å². The molecule has 0 radical (unpaired) electrons. The number of aliphatic hydroxyl groups is 1. The molecule has 3 rings (SSSR count). The molecule has 0 aliphatic carbocycles. The molecular formula is C18H23N3O4S. The van der Waals surface area contributed by atoms with Crippen LogP contribution in [0.1, 0.15) is 19.8 Å². The van der Waals surface area contributed by atoms with E-state index in [1.54, 1.807) is 42.4 Å². The molecule has 2 aromatic rings. The van der Waals surface area contributed by atoms with Crippen molar-refractivity contribution in [2.45, 2.75) is 30.8 Å². The van der Waals surface area contributed by atoms with Crippen molar-refractivity contribution in [1.29, 1.82) is 0 Å². The third-order valence-electron chi connectivity index (χ3n) is 4.70. The number of benzene rings is 1. The van der Waals surface area contributed by atoms with Crippen LogP contribution in [0.3, 0.4) is 0 Å². The maximum absolute atomic E-state index is 13.2. The molecule has 1 N–H and O–H groups in total. The van der Waals surface area contributed by atoms with E-state index in [1.807, 2.05) is 6.07 Å². The van der Waals surface area contributed by atoms with Crippen LogP contribution in [0.4, 0.5) is 0 Å². The second kappa shape index (κ2) is 7.69. The summed E-state index contributed by atoms with van der Waals surface area (Å²) >= 11 is 0. The number of sulfonamides is 1. The smallest absolute Gasteiger partial charge is 0.251 e. The molecule has 1 aromatic heterocycles. The average Bonchev–Trinajstić information content (AvgIpc) is 2.93. The first-order valence-electron chi connectivity index (χ1n) is 8.75. The Bertz CT molecular complexity index is 895. The van der Waals surface area contributed by atoms with Crippen LogP contribution in [0, 0.1) is 0 Å². The quantitative estimate of drug-likeness (QED) is 0.865. The fraction of sp³-hybridized carbons (Fsp3) is 0.444. The third kappa shape index (κ3) is 3.58. The zero-order valence-corrected chi connectivity index (χ0v) is 15.5. The molecule has 140 valence electrons. The number of carbonyl (C=O) groups is 1. The van der Waals surface area contributed by atoms with Crippen LogP contribution < -0.4 is 0 Å². The molecule has 1 amide bonds. The maximum atomic E-state index is 13.2. The van der Waals surface area contributed by atoms with Gasteiger partial charge in [0.05, 0.1) is 4.90 Å². The Balaban J connectivity index is 1.85. The van der Waals surface area contributed by atoms with Gasteiger partial charge in [0.25, 0.3) is 5.91 Å². The molecule has 2 heterocycles. The lowest BCUT2D eigenvalue weighted by Gasteiger charge is -2.24. The van der Waals surface area contributed by atoms with Crippen LogP contribution in [0.5, 0.6) is 0 Å². The van der Waals surface area contributed by atoms with Crippen LogP contribution >= 0.6 is 0 Å². The number of hydrogen-bond donors (Lipinski definition) is 1. The highest BCUT2D eigenvalue weighted by molar-refractivity contribution is 7.89. The summed E-state index contributed by atoms with van der Waals surface area (Å²) in [4.78, 5) is 18.0. The molecule has 0 unspecified atom stereocenters. The molecule has 1 aromatic carbocycles. The van der Waals surface area contributed by atoms with E-state index < -0.39 is 16.1 Å². The largest absolute Gasteiger partial charge is 0.383 e. The highest BCUT2D eigenvalue weighted by Gasteiger charge is 2.30. The van der Waals surface area contributed by atoms with E-state index in [1.165, 1.54) is 4.31 Å². The van der Waals surface area contributed by atoms with Gasteiger partial charge in [0, 0.05) is 49.3 Å². The van der Waals surface area contributed by atoms with Crippen molar-refractivity contribution >= 4 is 26.7 Å². The molecule has 8 heteroatoms. The fourth-order valence-corrected chi connectivity index (χ4v) is 4.88. The molecule has 1 aliphatic rings. The lowest BCUT2D eigenvalue weighted by atomic mass is 10.2. The van der Waals surface area contributed by atoms with E-state index in [2.05, 4.69) is 4.98 Å². The Morgan fingerprint density at radius 2 is 2.04 bits per heavy atom. The SMILES string of the molecule is CC[C@@H](O)C(=O)N1CCCN(S(=O)(=O)c2cccc3cnccc23)CC1. The summed E-state index contributed by atoms with van der Waals surface area (Å²) < 4.78 is 27.8. The third-order valence-corrected chi connectivity index (χ3v) is 6.65. The van der Waals surface area contributed by atoms with Gasteiger partial charge < -0.3 is 10.0 Å². The number of aliphatic hydroxyl groups excluding tert-OH is 1. The minimum atomic E-state index is -3.68. The van der Waals surface area contributed by atoms with E-state index in [-0.39, 0.29) is 23.9 Å². The highest BCUT2D eigenvalue weighted by Crippen LogP contribution is 2.26. The molecule has 1 atom stereocenters. The topological polar surface area (TPSA) is 90.8 Å². The van der Waals surface area contributed by atoms with Crippen LogP contribution in [0.25, 0.3) is 10.8 Å². The van der Waals surface area contributed by atoms with Crippen molar-refractivity contribution in [1.82, 2.24) is 14.2 Å². The first kappa shape index (κ1) is 18.8. The Morgan fingerprint density at radius 1 is 1.23 bits per heavy atom. The van der Waals surface area contributed by atoms with Gasteiger partial charge in [-0.2, -0.15) is 4.31 Å². The molecule has 0 bridgehead atoms. The van der Waals surface area contributed by atoms with Crippen molar-refractivity contribution in [2.75, 3.05) is 26.2 Å². The highest BCUT2D eigenvalue weighted by atomic mass is 32.2. The van der Waals surface area contributed by atoms with Crippen LogP contribution in [0.15, 0.2) is 41.6 Å². The molecule has 0 saturated carbocycles. The van der Waals surface area contributed by atoms with Crippen molar-refractivity contribution in [3.63, 3.8) is 0 Å². The Labute approximate surface area is 153 Å². The number of aromatic nitrogens is 1. The van der Waals surface area contributed by atoms with Gasteiger partial charge in [-0.1, -0.05) is 19.1 Å². The number of carbonyl (C=O) groups excluding carboxylic acids is 1. The Kier molecular flexibility index (Phi) is 5.55. The summed E-state index contributed by atoms with van der Waals surface area (Å²) in [6, 6.07) is 6.85. The minimum Gasteiger partial charge on any atom is -0.383 e. The van der Waals surface area contributed by atoms with Crippen LogP contribution in [-0.4, -0.2) is 65.9 Å². The molecule has 7 nitrogen and oxygen atoms in total. The summed E-state index contributed by atoms with van der Waals surface area (Å²) in [5, 5.41) is 11.2. The molecule has 1 fully saturated rings. The Hall–Kier alpha value is -2.03. The van der Waals surface area contributed by atoms with Crippen LogP contribution in [-0.2, 0) is 14.8 Å². The Morgan fingerprint density at radius 3 is 2.81 bits per heavy atom. The summed E-state index contributed by atoms with van der Waals surface area (Å²) in [5.74, 6) is -0.331. The maximum Gasteiger partial charge on any atom is 0.251 e. The normalized spacial score (nSPS) is 17.8. The summed E-state index contributed by atoms with van der Waals surface area (Å²) in [7, 11) is -3.68. The van der Waals surface area contributed by atoms with Crippen molar-refractivity contribution < 1.29 is 18.3 Å². The van der Waals surface area contributed by atoms with Gasteiger partial charge >= 0.3 is 0 Å². The molecule has 1 aliphatic heterocycles. The number of amides is 1. The van der Waals surface area contributed by atoms with Gasteiger partial charge in [-0.3, -0.25) is 9.78 Å². The predicted molar refractivity (Wildman–Crippen MR) is 98.0 cm³/mol. The second-order valence-electron chi connectivity index (χ2n) is 6.36. The molecule has 26 heavy (non-hydrogen) atoms. The van der Waals surface area contributed by atoms with E-state index >= 15 is 0 Å². The van der Waals surface area contributed by atoms with E-state index in [0.717, 1.165) is 5.39 Å². The molecule has 0 spiro atoms. The summed E-state index contributed by atoms with van der Waals surface area (Å²) in [6.07, 6.45) is 3.08. The summed E-state index contributed by atoms with van der Waals surface area (Å²) in [5.41, 5.74) is 0.